The first-order valence-electron chi connectivity index (χ1n) is 8.91. The summed E-state index contributed by atoms with van der Waals surface area (Å²) in [6, 6.07) is 13.5. The van der Waals surface area contributed by atoms with E-state index >= 15 is 0 Å². The number of hydrogen-bond donors (Lipinski definition) is 2. The first-order chi connectivity index (χ1) is 13.5. The van der Waals surface area contributed by atoms with E-state index in [0.29, 0.717) is 22.0 Å². The molecule has 1 aliphatic rings. The highest BCUT2D eigenvalue weighted by atomic mass is 35.5. The molecule has 3 rings (SSSR count). The summed E-state index contributed by atoms with van der Waals surface area (Å²) in [6.45, 7) is 3.84. The Morgan fingerprint density at radius 3 is 2.61 bits per heavy atom. The second kappa shape index (κ2) is 8.80. The molecule has 0 saturated heterocycles. The number of rotatable bonds is 6. The first-order valence-corrected chi connectivity index (χ1v) is 9.29. The molecular formula is C21H21ClN2O4. The topological polar surface area (TPSA) is 76.7 Å². The zero-order chi connectivity index (χ0) is 20.1. The van der Waals surface area contributed by atoms with Gasteiger partial charge < -0.3 is 20.1 Å². The number of amides is 2. The SMILES string of the molecule is CCOC(=O)C1=C(COc2ccc(Cl)c(C)c2)NC(=O)N[C@H]1c1ccccc1. The molecule has 0 aliphatic carbocycles. The highest BCUT2D eigenvalue weighted by Gasteiger charge is 2.33. The van der Waals surface area contributed by atoms with Crippen LogP contribution in [0.15, 0.2) is 59.8 Å². The number of halogens is 1. The number of hydrogen-bond acceptors (Lipinski definition) is 4. The van der Waals surface area contributed by atoms with E-state index in [1.165, 1.54) is 0 Å². The van der Waals surface area contributed by atoms with E-state index in [9.17, 15) is 9.59 Å². The minimum Gasteiger partial charge on any atom is -0.487 e. The van der Waals surface area contributed by atoms with E-state index in [4.69, 9.17) is 21.1 Å². The summed E-state index contributed by atoms with van der Waals surface area (Å²) in [5.41, 5.74) is 2.33. The van der Waals surface area contributed by atoms with Gasteiger partial charge in [0.15, 0.2) is 0 Å². The molecule has 2 aromatic rings. The summed E-state index contributed by atoms with van der Waals surface area (Å²) in [6.07, 6.45) is 0. The van der Waals surface area contributed by atoms with Crippen LogP contribution in [0.1, 0.15) is 24.1 Å². The van der Waals surface area contributed by atoms with Crippen molar-refractivity contribution in [2.24, 2.45) is 0 Å². The van der Waals surface area contributed by atoms with Crippen LogP contribution in [0.3, 0.4) is 0 Å². The molecule has 0 fully saturated rings. The Bertz CT molecular complexity index is 912. The van der Waals surface area contributed by atoms with Gasteiger partial charge in [-0.2, -0.15) is 0 Å². The average Bonchev–Trinajstić information content (AvgIpc) is 2.69. The smallest absolute Gasteiger partial charge is 0.338 e. The molecule has 28 heavy (non-hydrogen) atoms. The maximum Gasteiger partial charge on any atom is 0.338 e. The number of carbonyl (C=O) groups is 2. The lowest BCUT2D eigenvalue weighted by molar-refractivity contribution is -0.139. The van der Waals surface area contributed by atoms with E-state index in [0.717, 1.165) is 11.1 Å². The lowest BCUT2D eigenvalue weighted by Gasteiger charge is -2.29. The quantitative estimate of drug-likeness (QED) is 0.721. The molecule has 0 unspecified atom stereocenters. The van der Waals surface area contributed by atoms with Crippen LogP contribution in [-0.4, -0.2) is 25.2 Å². The van der Waals surface area contributed by atoms with Gasteiger partial charge in [-0.05, 0) is 43.2 Å². The Hall–Kier alpha value is -2.99. The minimum atomic E-state index is -0.625. The predicted molar refractivity (Wildman–Crippen MR) is 106 cm³/mol. The van der Waals surface area contributed by atoms with Gasteiger partial charge >= 0.3 is 12.0 Å². The van der Waals surface area contributed by atoms with Crippen molar-refractivity contribution in [3.05, 3.63) is 76.0 Å². The van der Waals surface area contributed by atoms with Crippen LogP contribution < -0.4 is 15.4 Å². The summed E-state index contributed by atoms with van der Waals surface area (Å²) in [4.78, 5) is 24.9. The summed E-state index contributed by atoms with van der Waals surface area (Å²) >= 11 is 6.04. The van der Waals surface area contributed by atoms with Gasteiger partial charge in [0, 0.05) is 5.02 Å². The van der Waals surface area contributed by atoms with E-state index in [-0.39, 0.29) is 13.2 Å². The van der Waals surface area contributed by atoms with E-state index in [1.807, 2.05) is 37.3 Å². The number of benzene rings is 2. The van der Waals surface area contributed by atoms with Crippen molar-refractivity contribution in [3.63, 3.8) is 0 Å². The van der Waals surface area contributed by atoms with Crippen molar-refractivity contribution in [2.45, 2.75) is 19.9 Å². The van der Waals surface area contributed by atoms with Crippen molar-refractivity contribution >= 4 is 23.6 Å². The molecule has 1 aliphatic heterocycles. The van der Waals surface area contributed by atoms with Gasteiger partial charge in [-0.15, -0.1) is 0 Å². The fraction of sp³-hybridized carbons (Fsp3) is 0.238. The van der Waals surface area contributed by atoms with Gasteiger partial charge in [0.05, 0.1) is 23.9 Å². The molecule has 0 bridgehead atoms. The Kier molecular flexibility index (Phi) is 6.21. The number of nitrogens with one attached hydrogen (secondary N) is 2. The first kappa shape index (κ1) is 19.8. The summed E-state index contributed by atoms with van der Waals surface area (Å²) in [5.74, 6) is 0.0800. The zero-order valence-electron chi connectivity index (χ0n) is 15.6. The summed E-state index contributed by atoms with van der Waals surface area (Å²) < 4.78 is 11.0. The molecule has 7 heteroatoms. The maximum absolute atomic E-state index is 12.7. The van der Waals surface area contributed by atoms with Crippen LogP contribution in [-0.2, 0) is 9.53 Å². The second-order valence-electron chi connectivity index (χ2n) is 6.25. The molecule has 0 aromatic heterocycles. The van der Waals surface area contributed by atoms with E-state index in [2.05, 4.69) is 10.6 Å². The summed E-state index contributed by atoms with van der Waals surface area (Å²) in [5, 5.41) is 6.10. The molecule has 1 atom stereocenters. The van der Waals surface area contributed by atoms with Crippen LogP contribution in [0.4, 0.5) is 4.79 Å². The van der Waals surface area contributed by atoms with Crippen molar-refractivity contribution in [3.8, 4) is 5.75 Å². The molecule has 6 nitrogen and oxygen atoms in total. The standard InChI is InChI=1S/C21H21ClN2O4/c1-3-27-20(25)18-17(12-28-15-9-10-16(22)13(2)11-15)23-21(26)24-19(18)14-7-5-4-6-8-14/h4-11,19H,3,12H2,1-2H3,(H2,23,24,26)/t19-/m0/s1. The van der Waals surface area contributed by atoms with Crippen molar-refractivity contribution in [2.75, 3.05) is 13.2 Å². The molecule has 2 amide bonds. The van der Waals surface area contributed by atoms with Gasteiger partial charge in [0.2, 0.25) is 0 Å². The maximum atomic E-state index is 12.7. The lowest BCUT2D eigenvalue weighted by atomic mass is 9.95. The monoisotopic (exact) mass is 400 g/mol. The fourth-order valence-corrected chi connectivity index (χ4v) is 3.06. The Balaban J connectivity index is 1.94. The van der Waals surface area contributed by atoms with Gasteiger partial charge in [-0.3, -0.25) is 0 Å². The largest absolute Gasteiger partial charge is 0.487 e. The number of esters is 1. The van der Waals surface area contributed by atoms with E-state index < -0.39 is 18.0 Å². The minimum absolute atomic E-state index is 0.00593. The van der Waals surface area contributed by atoms with Gasteiger partial charge in [-0.1, -0.05) is 41.9 Å². The lowest BCUT2D eigenvalue weighted by Crippen LogP contribution is -2.47. The average molecular weight is 401 g/mol. The number of urea groups is 1. The van der Waals surface area contributed by atoms with Crippen LogP contribution in [0.2, 0.25) is 5.02 Å². The predicted octanol–water partition coefficient (Wildman–Crippen LogP) is 3.90. The molecule has 0 spiro atoms. The fourth-order valence-electron chi connectivity index (χ4n) is 2.94. The van der Waals surface area contributed by atoms with Crippen LogP contribution in [0, 0.1) is 6.92 Å². The second-order valence-corrected chi connectivity index (χ2v) is 6.66. The molecule has 0 radical (unpaired) electrons. The molecule has 1 heterocycles. The van der Waals surface area contributed by atoms with Gasteiger partial charge in [-0.25, -0.2) is 9.59 Å². The Labute approximate surface area is 168 Å². The van der Waals surface area contributed by atoms with Crippen LogP contribution in [0.5, 0.6) is 5.75 Å². The van der Waals surface area contributed by atoms with E-state index in [1.54, 1.807) is 25.1 Å². The number of ether oxygens (including phenoxy) is 2. The third-order valence-corrected chi connectivity index (χ3v) is 4.72. The van der Waals surface area contributed by atoms with Crippen molar-refractivity contribution < 1.29 is 19.1 Å². The molecule has 146 valence electrons. The highest BCUT2D eigenvalue weighted by Crippen LogP contribution is 2.28. The number of aryl methyl sites for hydroxylation is 1. The van der Waals surface area contributed by atoms with Crippen LogP contribution in [0.25, 0.3) is 0 Å². The van der Waals surface area contributed by atoms with Crippen molar-refractivity contribution in [1.29, 1.82) is 0 Å². The third kappa shape index (κ3) is 4.46. The Morgan fingerprint density at radius 2 is 1.93 bits per heavy atom. The third-order valence-electron chi connectivity index (χ3n) is 4.29. The van der Waals surface area contributed by atoms with Crippen LogP contribution >= 0.6 is 11.6 Å². The number of carbonyl (C=O) groups excluding carboxylic acids is 2. The molecule has 0 saturated carbocycles. The normalized spacial score (nSPS) is 16.2. The molecule has 2 aromatic carbocycles. The van der Waals surface area contributed by atoms with Gasteiger partial charge in [0.25, 0.3) is 0 Å². The highest BCUT2D eigenvalue weighted by molar-refractivity contribution is 6.31. The molecule has 2 N–H and O–H groups in total. The Morgan fingerprint density at radius 1 is 1.18 bits per heavy atom. The summed E-state index contributed by atoms with van der Waals surface area (Å²) in [7, 11) is 0. The van der Waals surface area contributed by atoms with Gasteiger partial charge in [0.1, 0.15) is 12.4 Å². The molecular weight excluding hydrogens is 380 g/mol. The van der Waals surface area contributed by atoms with Crippen molar-refractivity contribution in [1.82, 2.24) is 10.6 Å². The zero-order valence-corrected chi connectivity index (χ0v) is 16.4.